The van der Waals surface area contributed by atoms with Crippen molar-refractivity contribution >= 4 is 39.9 Å². The Morgan fingerprint density at radius 3 is 2.50 bits per heavy atom. The van der Waals surface area contributed by atoms with Crippen LogP contribution < -0.4 is 15.4 Å². The molecule has 0 unspecified atom stereocenters. The molecule has 2 aromatic rings. The van der Waals surface area contributed by atoms with Crippen LogP contribution in [0.4, 0.5) is 18.4 Å². The standard InChI is InChI=1S/C39H47F2N5O9S/c1-23-15-16-27(18-30(23)41)56(52,53)44-35(49)39-19-25(39)12-8-6-5-7-9-14-31(42-36(50)55-38(2,3)4)34(48)46-21-26(17-32(46)33(47)43-39)54-37(51)45-20-24-11-10-13-29(40)28(24)22-45/h8,10-13,15-16,18,25-26,31-32H,5-7,9,14,17,19-22H2,1-4H3,(H,42,50)(H,43,47)(H,44,49)/b12-8-/t25-,26+,31-,32-,39+/m0/s1. The summed E-state index contributed by atoms with van der Waals surface area (Å²) < 4.78 is 68.6. The summed E-state index contributed by atoms with van der Waals surface area (Å²) >= 11 is 0. The number of amides is 5. The lowest BCUT2D eigenvalue weighted by atomic mass is 10.0. The molecule has 3 aliphatic heterocycles. The van der Waals surface area contributed by atoms with Gasteiger partial charge in [-0.05, 0) is 82.7 Å². The van der Waals surface area contributed by atoms with Gasteiger partial charge in [0.25, 0.3) is 15.9 Å². The van der Waals surface area contributed by atoms with Gasteiger partial charge in [-0.25, -0.2) is 31.5 Å². The molecule has 5 atom stereocenters. The van der Waals surface area contributed by atoms with E-state index in [-0.39, 0.29) is 44.5 Å². The lowest BCUT2D eigenvalue weighted by Gasteiger charge is -2.30. The van der Waals surface area contributed by atoms with E-state index in [1.54, 1.807) is 39.0 Å². The molecule has 0 radical (unpaired) electrons. The van der Waals surface area contributed by atoms with Crippen LogP contribution in [0.2, 0.25) is 0 Å². The number of aryl methyl sites for hydroxylation is 1. The van der Waals surface area contributed by atoms with Crippen molar-refractivity contribution in [3.8, 4) is 0 Å². The van der Waals surface area contributed by atoms with E-state index in [2.05, 4.69) is 10.6 Å². The van der Waals surface area contributed by atoms with Crippen molar-refractivity contribution in [3.05, 3.63) is 76.9 Å². The maximum Gasteiger partial charge on any atom is 0.410 e. The largest absolute Gasteiger partial charge is 0.444 e. The number of rotatable bonds is 5. The molecule has 14 nitrogen and oxygen atoms in total. The van der Waals surface area contributed by atoms with E-state index >= 15 is 0 Å². The van der Waals surface area contributed by atoms with E-state index in [4.69, 9.17) is 9.47 Å². The van der Waals surface area contributed by atoms with Gasteiger partial charge in [-0.3, -0.25) is 19.3 Å². The van der Waals surface area contributed by atoms with Crippen molar-refractivity contribution in [1.29, 1.82) is 0 Å². The molecule has 6 rings (SSSR count). The van der Waals surface area contributed by atoms with E-state index < -0.39 is 91.7 Å². The number of allylic oxidation sites excluding steroid dienone is 1. The third-order valence-corrected chi connectivity index (χ3v) is 11.8. The third kappa shape index (κ3) is 8.98. The Balaban J connectivity index is 1.27. The summed E-state index contributed by atoms with van der Waals surface area (Å²) in [5, 5.41) is 5.36. The predicted octanol–water partition coefficient (Wildman–Crippen LogP) is 4.49. The maximum absolute atomic E-state index is 14.5. The van der Waals surface area contributed by atoms with E-state index in [1.165, 1.54) is 28.9 Å². The first kappa shape index (κ1) is 40.6. The number of benzene rings is 2. The first-order chi connectivity index (χ1) is 26.4. The molecule has 56 heavy (non-hydrogen) atoms. The molecule has 4 aliphatic rings. The number of hydrogen-bond donors (Lipinski definition) is 3. The SMILES string of the molecule is Cc1ccc(S(=O)(=O)NC(=O)[C@@]23C[C@@H]2/C=C\CCCCC[C@H](NC(=O)OC(C)(C)C)C(=O)N2C[C@H](OC(=O)N4Cc5cccc(F)c5C4)C[C@H]2C(=O)N3)cc1F. The van der Waals surface area contributed by atoms with Crippen molar-refractivity contribution in [3.63, 3.8) is 0 Å². The van der Waals surface area contributed by atoms with Crippen LogP contribution in [0, 0.1) is 24.5 Å². The fraction of sp³-hybridized carbons (Fsp3) is 0.513. The number of halogens is 2. The van der Waals surface area contributed by atoms with E-state index in [0.717, 1.165) is 12.1 Å². The predicted molar refractivity (Wildman–Crippen MR) is 197 cm³/mol. The normalized spacial score (nSPS) is 26.0. The van der Waals surface area contributed by atoms with Gasteiger partial charge in [0.1, 0.15) is 41.0 Å². The minimum Gasteiger partial charge on any atom is -0.444 e. The Bertz CT molecular complexity index is 2060. The zero-order valence-electron chi connectivity index (χ0n) is 31.7. The molecule has 3 N–H and O–H groups in total. The van der Waals surface area contributed by atoms with Crippen LogP contribution in [0.15, 0.2) is 53.4 Å². The summed E-state index contributed by atoms with van der Waals surface area (Å²) in [5.41, 5.74) is -1.42. The van der Waals surface area contributed by atoms with E-state index in [9.17, 15) is 41.2 Å². The van der Waals surface area contributed by atoms with Gasteiger partial charge in [0.05, 0.1) is 18.0 Å². The average Bonchev–Trinajstić information content (AvgIpc) is 3.41. The number of hydrogen-bond acceptors (Lipinski definition) is 9. The Morgan fingerprint density at radius 1 is 1.02 bits per heavy atom. The lowest BCUT2D eigenvalue weighted by molar-refractivity contribution is -0.141. The zero-order chi connectivity index (χ0) is 40.6. The molecule has 2 fully saturated rings. The summed E-state index contributed by atoms with van der Waals surface area (Å²) in [6.45, 7) is 6.29. The first-order valence-corrected chi connectivity index (χ1v) is 20.2. The van der Waals surface area contributed by atoms with Crippen LogP contribution in [0.3, 0.4) is 0 Å². The highest BCUT2D eigenvalue weighted by molar-refractivity contribution is 7.90. The molecule has 17 heteroatoms. The van der Waals surface area contributed by atoms with Crippen LogP contribution >= 0.6 is 0 Å². The van der Waals surface area contributed by atoms with Crippen molar-refractivity contribution in [2.45, 2.75) is 120 Å². The second-order valence-electron chi connectivity index (χ2n) is 15.9. The van der Waals surface area contributed by atoms with Gasteiger partial charge in [-0.2, -0.15) is 0 Å². The van der Waals surface area contributed by atoms with Crippen LogP contribution in [0.25, 0.3) is 0 Å². The van der Waals surface area contributed by atoms with Crippen LogP contribution in [0.1, 0.15) is 82.4 Å². The Hall–Kier alpha value is -5.06. The van der Waals surface area contributed by atoms with Crippen LogP contribution in [-0.4, -0.2) is 84.0 Å². The number of nitrogens with zero attached hydrogens (tertiary/aromatic N) is 2. The second kappa shape index (κ2) is 15.8. The van der Waals surface area contributed by atoms with Gasteiger partial charge in [-0.1, -0.05) is 43.2 Å². The van der Waals surface area contributed by atoms with Gasteiger partial charge in [0, 0.05) is 24.4 Å². The van der Waals surface area contributed by atoms with Gasteiger partial charge in [0.2, 0.25) is 11.8 Å². The van der Waals surface area contributed by atoms with Gasteiger partial charge < -0.3 is 25.0 Å². The van der Waals surface area contributed by atoms with Crippen molar-refractivity contribution in [2.24, 2.45) is 5.92 Å². The van der Waals surface area contributed by atoms with Gasteiger partial charge in [-0.15, -0.1) is 0 Å². The summed E-state index contributed by atoms with van der Waals surface area (Å²) in [4.78, 5) is 70.9. The molecule has 2 aromatic carbocycles. The van der Waals surface area contributed by atoms with Crippen molar-refractivity contribution in [2.75, 3.05) is 6.54 Å². The Kier molecular flexibility index (Phi) is 11.5. The molecule has 0 aromatic heterocycles. The molecule has 1 saturated carbocycles. The minimum atomic E-state index is -4.57. The topological polar surface area (TPSA) is 181 Å². The van der Waals surface area contributed by atoms with E-state index in [0.29, 0.717) is 36.8 Å². The summed E-state index contributed by atoms with van der Waals surface area (Å²) in [6.07, 6.45) is 3.48. The number of alkyl carbamates (subject to hydrolysis) is 1. The number of nitrogens with one attached hydrogen (secondary N) is 3. The highest BCUT2D eigenvalue weighted by Gasteiger charge is 2.62. The van der Waals surface area contributed by atoms with Crippen molar-refractivity contribution < 1.29 is 50.6 Å². The number of ether oxygens (including phenoxy) is 2. The molecule has 0 spiro atoms. The summed E-state index contributed by atoms with van der Waals surface area (Å²) in [6, 6.07) is 5.32. The number of sulfonamides is 1. The van der Waals surface area contributed by atoms with E-state index in [1.807, 2.05) is 10.8 Å². The monoisotopic (exact) mass is 799 g/mol. The van der Waals surface area contributed by atoms with Crippen LogP contribution in [0.5, 0.6) is 0 Å². The molecular weight excluding hydrogens is 753 g/mol. The number of carbonyl (C=O) groups excluding carboxylic acids is 5. The Labute approximate surface area is 324 Å². The average molecular weight is 800 g/mol. The lowest BCUT2D eigenvalue weighted by Crippen LogP contribution is -2.58. The molecular formula is C39H47F2N5O9S. The number of fused-ring (bicyclic) bond motifs is 3. The van der Waals surface area contributed by atoms with Gasteiger partial charge >= 0.3 is 12.2 Å². The molecule has 1 saturated heterocycles. The third-order valence-electron chi connectivity index (χ3n) is 10.5. The quantitative estimate of drug-likeness (QED) is 0.368. The Morgan fingerprint density at radius 2 is 1.79 bits per heavy atom. The molecule has 3 heterocycles. The first-order valence-electron chi connectivity index (χ1n) is 18.7. The fourth-order valence-electron chi connectivity index (χ4n) is 7.36. The molecule has 0 bridgehead atoms. The van der Waals surface area contributed by atoms with Gasteiger partial charge in [0.15, 0.2) is 0 Å². The molecule has 302 valence electrons. The minimum absolute atomic E-state index is 0.0346. The summed E-state index contributed by atoms with van der Waals surface area (Å²) in [7, 11) is -4.57. The molecule has 5 amide bonds. The second-order valence-corrected chi connectivity index (χ2v) is 17.5. The summed E-state index contributed by atoms with van der Waals surface area (Å²) in [5.74, 6) is -4.36. The highest BCUT2D eigenvalue weighted by Crippen LogP contribution is 2.46. The van der Waals surface area contributed by atoms with Crippen molar-refractivity contribution in [1.82, 2.24) is 25.2 Å². The number of carbonyl (C=O) groups is 5. The highest BCUT2D eigenvalue weighted by atomic mass is 32.2. The molecule has 1 aliphatic carbocycles. The smallest absolute Gasteiger partial charge is 0.410 e. The maximum atomic E-state index is 14.5. The fourth-order valence-corrected chi connectivity index (χ4v) is 8.40. The van der Waals surface area contributed by atoms with Crippen LogP contribution in [-0.2, 0) is 47.0 Å². The zero-order valence-corrected chi connectivity index (χ0v) is 32.5.